The van der Waals surface area contributed by atoms with Crippen LogP contribution in [0.25, 0.3) is 0 Å². The Labute approximate surface area is 154 Å². The van der Waals surface area contributed by atoms with Gasteiger partial charge in [-0.3, -0.25) is 0 Å². The minimum absolute atomic E-state index is 0.439. The molecule has 1 heterocycles. The fourth-order valence-electron chi connectivity index (χ4n) is 2.99. The first-order valence-corrected chi connectivity index (χ1v) is 8.76. The van der Waals surface area contributed by atoms with E-state index in [2.05, 4.69) is 29.4 Å². The van der Waals surface area contributed by atoms with Crippen molar-refractivity contribution in [2.75, 3.05) is 6.54 Å². The van der Waals surface area contributed by atoms with E-state index in [0.717, 1.165) is 36.3 Å². The van der Waals surface area contributed by atoms with Crippen LogP contribution in [-0.4, -0.2) is 24.2 Å². The van der Waals surface area contributed by atoms with Crippen molar-refractivity contribution in [3.05, 3.63) is 60.2 Å². The first-order valence-electron chi connectivity index (χ1n) is 8.76. The fourth-order valence-corrected chi connectivity index (χ4v) is 2.99. The molecule has 130 valence electrons. The summed E-state index contributed by atoms with van der Waals surface area (Å²) in [7, 11) is 0. The third-order valence-corrected chi connectivity index (χ3v) is 4.39. The van der Waals surface area contributed by atoms with Gasteiger partial charge in [0, 0.05) is 10.1 Å². The van der Waals surface area contributed by atoms with Crippen LogP contribution in [0.2, 0.25) is 0 Å². The van der Waals surface area contributed by atoms with Gasteiger partial charge in [-0.15, -0.1) is 5.01 Å². The fraction of sp³-hybridized carbons (Fsp3) is 0.286. The second-order valence-electron chi connectivity index (χ2n) is 6.28. The van der Waals surface area contributed by atoms with Crippen molar-refractivity contribution in [3.8, 4) is 17.6 Å². The lowest BCUT2D eigenvalue weighted by Crippen LogP contribution is -2.36. The summed E-state index contributed by atoms with van der Waals surface area (Å²) in [5, 5.41) is 15.8. The lowest BCUT2D eigenvalue weighted by Gasteiger charge is -2.27. The maximum Gasteiger partial charge on any atom is 0.371 e. The number of ether oxygens (including phenoxy) is 1. The van der Waals surface area contributed by atoms with Gasteiger partial charge in [-0.1, -0.05) is 50.1 Å². The molecule has 5 nitrogen and oxygen atoms in total. The second-order valence-corrected chi connectivity index (χ2v) is 6.28. The molecular formula is C21H21N4O+. The number of nitrogens with zero attached hydrogens (tertiary/aromatic N) is 4. The Morgan fingerprint density at radius 2 is 1.96 bits per heavy atom. The summed E-state index contributed by atoms with van der Waals surface area (Å²) in [4.78, 5) is 3.88. The molecule has 3 rings (SSSR count). The molecule has 0 aromatic heterocycles. The Balaban J connectivity index is 1.90. The number of nitriles is 1. The van der Waals surface area contributed by atoms with Crippen LogP contribution < -0.4 is 4.74 Å². The molecule has 1 aliphatic heterocycles. The van der Waals surface area contributed by atoms with Crippen LogP contribution in [-0.2, 0) is 5.41 Å². The summed E-state index contributed by atoms with van der Waals surface area (Å²) >= 11 is 0. The highest BCUT2D eigenvalue weighted by Crippen LogP contribution is 2.34. The average molecular weight is 345 g/mol. The van der Waals surface area contributed by atoms with E-state index in [1.54, 1.807) is 11.3 Å². The molecule has 0 fully saturated rings. The third-order valence-electron chi connectivity index (χ3n) is 4.39. The van der Waals surface area contributed by atoms with Gasteiger partial charge in [0.05, 0.1) is 12.6 Å². The van der Waals surface area contributed by atoms with Crippen molar-refractivity contribution < 1.29 is 4.74 Å². The van der Waals surface area contributed by atoms with Crippen LogP contribution in [0.4, 0.5) is 0 Å². The Morgan fingerprint density at radius 1 is 1.15 bits per heavy atom. The van der Waals surface area contributed by atoms with Gasteiger partial charge in [0.25, 0.3) is 6.34 Å². The van der Waals surface area contributed by atoms with Crippen LogP contribution in [0.15, 0.2) is 64.7 Å². The lowest BCUT2D eigenvalue weighted by molar-refractivity contribution is 0.344. The number of para-hydroxylation sites is 1. The predicted molar refractivity (Wildman–Crippen MR) is 102 cm³/mol. The van der Waals surface area contributed by atoms with E-state index in [9.17, 15) is 5.26 Å². The first kappa shape index (κ1) is 17.6. The molecule has 1 unspecified atom stereocenters. The molecule has 0 N–H and O–H groups in total. The quantitative estimate of drug-likeness (QED) is 0.657. The molecule has 0 aliphatic carbocycles. The van der Waals surface area contributed by atoms with Crippen LogP contribution in [0, 0.1) is 11.3 Å². The monoisotopic (exact) mass is 345 g/mol. The predicted octanol–water partition coefficient (Wildman–Crippen LogP) is 4.59. The summed E-state index contributed by atoms with van der Waals surface area (Å²) < 4.78 is 5.95. The average Bonchev–Trinajstić information content (AvgIpc) is 3.19. The maximum absolute atomic E-state index is 10.1. The van der Waals surface area contributed by atoms with Crippen molar-refractivity contribution in [2.24, 2.45) is 10.1 Å². The third kappa shape index (κ3) is 4.05. The van der Waals surface area contributed by atoms with E-state index in [-0.39, 0.29) is 0 Å². The van der Waals surface area contributed by atoms with Crippen LogP contribution >= 0.6 is 0 Å². The Bertz CT molecular complexity index is 813. The summed E-state index contributed by atoms with van der Waals surface area (Å²) in [6.45, 7) is 2.56. The normalized spacial score (nSPS) is 14.5. The Morgan fingerprint density at radius 3 is 2.65 bits per heavy atom. The van der Waals surface area contributed by atoms with Crippen molar-refractivity contribution >= 4 is 12.7 Å². The summed E-state index contributed by atoms with van der Waals surface area (Å²) in [5.74, 6) is 1.49. The van der Waals surface area contributed by atoms with Gasteiger partial charge in [0.2, 0.25) is 0 Å². The van der Waals surface area contributed by atoms with Gasteiger partial charge < -0.3 is 4.74 Å². The van der Waals surface area contributed by atoms with Gasteiger partial charge in [-0.25, -0.2) is 0 Å². The highest BCUT2D eigenvalue weighted by Gasteiger charge is 2.36. The van der Waals surface area contributed by atoms with Crippen molar-refractivity contribution in [3.63, 3.8) is 0 Å². The topological polar surface area (TPSA) is 61.0 Å². The molecule has 1 atom stereocenters. The van der Waals surface area contributed by atoms with E-state index in [4.69, 9.17) is 4.74 Å². The SMILES string of the molecule is CCCCC(C#N)(CN1C=N[C+]=N1)c1cccc(Oc2ccccc2)c1. The minimum Gasteiger partial charge on any atom is -0.457 e. The van der Waals surface area contributed by atoms with Gasteiger partial charge in [-0.2, -0.15) is 5.26 Å². The number of rotatable bonds is 8. The molecule has 1 aliphatic rings. The number of hydrogen-bond acceptors (Lipinski definition) is 5. The maximum atomic E-state index is 10.1. The van der Waals surface area contributed by atoms with Crippen molar-refractivity contribution in [2.45, 2.75) is 31.6 Å². The number of unbranched alkanes of at least 4 members (excludes halogenated alkanes) is 1. The Hall–Kier alpha value is -3.22. The van der Waals surface area contributed by atoms with Gasteiger partial charge in [-0.05, 0) is 36.2 Å². The van der Waals surface area contributed by atoms with Gasteiger partial charge in [0.15, 0.2) is 0 Å². The molecule has 0 saturated heterocycles. The number of benzene rings is 2. The van der Waals surface area contributed by atoms with Crippen LogP contribution in [0.5, 0.6) is 11.5 Å². The molecular weight excluding hydrogens is 324 g/mol. The minimum atomic E-state index is -0.687. The number of hydrazone groups is 1. The number of hydrogen-bond donors (Lipinski definition) is 0. The van der Waals surface area contributed by atoms with E-state index in [1.165, 1.54) is 0 Å². The lowest BCUT2D eigenvalue weighted by atomic mass is 9.77. The molecule has 26 heavy (non-hydrogen) atoms. The molecule has 2 aromatic carbocycles. The molecule has 2 aromatic rings. The molecule has 0 spiro atoms. The zero-order chi connectivity index (χ0) is 18.2. The number of aliphatic imine (C=N–C) groups is 1. The molecule has 0 bridgehead atoms. The standard InChI is InChI=1S/C21H21N4O/c1-2-3-12-21(14-22,15-25-17-23-16-24-25)18-8-7-11-20(13-18)26-19-9-5-4-6-10-19/h4-11,13,17H,2-3,12,15H2,1H3/q+1. The summed E-state index contributed by atoms with van der Waals surface area (Å²) in [6, 6.07) is 19.9. The van der Waals surface area contributed by atoms with Gasteiger partial charge >= 0.3 is 6.34 Å². The highest BCUT2D eigenvalue weighted by molar-refractivity contribution is 5.75. The Kier molecular flexibility index (Phi) is 5.58. The first-order chi connectivity index (χ1) is 12.8. The van der Waals surface area contributed by atoms with Crippen LogP contribution in [0.1, 0.15) is 31.7 Å². The van der Waals surface area contributed by atoms with Crippen molar-refractivity contribution in [1.29, 1.82) is 5.26 Å². The van der Waals surface area contributed by atoms with E-state index in [0.29, 0.717) is 6.54 Å². The van der Waals surface area contributed by atoms with E-state index in [1.807, 2.05) is 54.6 Å². The largest absolute Gasteiger partial charge is 0.457 e. The zero-order valence-electron chi connectivity index (χ0n) is 14.8. The van der Waals surface area contributed by atoms with Gasteiger partial charge in [0.1, 0.15) is 16.9 Å². The van der Waals surface area contributed by atoms with Crippen LogP contribution in [0.3, 0.4) is 0 Å². The molecule has 0 saturated carbocycles. The smallest absolute Gasteiger partial charge is 0.371 e. The molecule has 0 radical (unpaired) electrons. The second kappa shape index (κ2) is 8.24. The summed E-state index contributed by atoms with van der Waals surface area (Å²) in [6.07, 6.45) is 6.88. The zero-order valence-corrected chi connectivity index (χ0v) is 14.8. The molecule has 5 heteroatoms. The summed E-state index contributed by atoms with van der Waals surface area (Å²) in [5.41, 5.74) is 0.241. The molecule has 0 amide bonds. The van der Waals surface area contributed by atoms with Crippen molar-refractivity contribution in [1.82, 2.24) is 5.01 Å². The van der Waals surface area contributed by atoms with E-state index >= 15 is 0 Å². The highest BCUT2D eigenvalue weighted by atomic mass is 16.5. The van der Waals surface area contributed by atoms with E-state index < -0.39 is 5.41 Å².